The van der Waals surface area contributed by atoms with Gasteiger partial charge in [0, 0.05) is 0 Å². The summed E-state index contributed by atoms with van der Waals surface area (Å²) in [6.07, 6.45) is -1.60. The minimum Gasteiger partial charge on any atom is -0.481 e. The van der Waals surface area contributed by atoms with Crippen molar-refractivity contribution in [2.75, 3.05) is 6.67 Å². The summed E-state index contributed by atoms with van der Waals surface area (Å²) in [5.41, 5.74) is 0.758. The number of rotatable bonds is 10. The Morgan fingerprint density at radius 3 is 2.26 bits per heavy atom. The van der Waals surface area contributed by atoms with Crippen LogP contribution in [-0.4, -0.2) is 47.6 Å². The normalized spacial score (nSPS) is 12.7. The number of ether oxygens (including phenoxy) is 1. The van der Waals surface area contributed by atoms with Gasteiger partial charge in [-0.15, -0.1) is 0 Å². The molecule has 0 aliphatic rings. The third-order valence-electron chi connectivity index (χ3n) is 3.65. The summed E-state index contributed by atoms with van der Waals surface area (Å²) in [6, 6.07) is 6.31. The third kappa shape index (κ3) is 7.85. The van der Waals surface area contributed by atoms with Crippen molar-refractivity contribution in [2.24, 2.45) is 5.92 Å². The molecule has 148 valence electrons. The van der Waals surface area contributed by atoms with E-state index in [-0.39, 0.29) is 12.5 Å². The quantitative estimate of drug-likeness (QED) is 0.563. The molecule has 0 aromatic heterocycles. The van der Waals surface area contributed by atoms with Crippen LogP contribution in [0.5, 0.6) is 0 Å². The van der Waals surface area contributed by atoms with E-state index in [1.807, 2.05) is 6.07 Å². The fourth-order valence-corrected chi connectivity index (χ4v) is 2.20. The number of alkyl carbamates (subject to hydrolysis) is 1. The van der Waals surface area contributed by atoms with Gasteiger partial charge in [-0.2, -0.15) is 0 Å². The van der Waals surface area contributed by atoms with Gasteiger partial charge in [-0.1, -0.05) is 44.2 Å². The Balaban J connectivity index is 2.69. The number of carbonyl (C=O) groups excluding carboxylic acids is 3. The average Bonchev–Trinajstić information content (AvgIpc) is 2.63. The Labute approximate surface area is 156 Å². The zero-order valence-corrected chi connectivity index (χ0v) is 15.1. The van der Waals surface area contributed by atoms with Crippen molar-refractivity contribution in [1.29, 1.82) is 0 Å². The molecule has 2 atom stereocenters. The molecule has 0 aliphatic carbocycles. The van der Waals surface area contributed by atoms with Crippen LogP contribution in [0.25, 0.3) is 0 Å². The summed E-state index contributed by atoms with van der Waals surface area (Å²) < 4.78 is 17.6. The van der Waals surface area contributed by atoms with Crippen LogP contribution >= 0.6 is 0 Å². The number of nitrogens with one attached hydrogen (secondary N) is 2. The molecule has 0 bridgehead atoms. The number of hydrogen-bond acceptors (Lipinski definition) is 5. The van der Waals surface area contributed by atoms with Crippen molar-refractivity contribution in [2.45, 2.75) is 39.0 Å². The van der Waals surface area contributed by atoms with Crippen molar-refractivity contribution < 1.29 is 33.4 Å². The number of benzene rings is 1. The van der Waals surface area contributed by atoms with Gasteiger partial charge in [-0.05, 0) is 11.5 Å². The predicted molar refractivity (Wildman–Crippen MR) is 93.6 cm³/mol. The first-order chi connectivity index (χ1) is 12.7. The Bertz CT molecular complexity index is 665. The van der Waals surface area contributed by atoms with Crippen LogP contribution in [0.2, 0.25) is 0 Å². The zero-order valence-electron chi connectivity index (χ0n) is 15.1. The van der Waals surface area contributed by atoms with Crippen LogP contribution in [-0.2, 0) is 25.7 Å². The smallest absolute Gasteiger partial charge is 0.408 e. The summed E-state index contributed by atoms with van der Waals surface area (Å²) in [5, 5.41) is 13.4. The van der Waals surface area contributed by atoms with Crippen LogP contribution in [0.15, 0.2) is 30.3 Å². The van der Waals surface area contributed by atoms with E-state index in [9.17, 15) is 23.6 Å². The summed E-state index contributed by atoms with van der Waals surface area (Å²) in [7, 11) is 0. The van der Waals surface area contributed by atoms with E-state index in [1.54, 1.807) is 38.1 Å². The Morgan fingerprint density at radius 2 is 1.74 bits per heavy atom. The van der Waals surface area contributed by atoms with Gasteiger partial charge in [0.05, 0.1) is 6.42 Å². The standard InChI is InChI=1S/C18H23FN2O6/c1-11(2)16(17(25)20-13(8-15(23)24)14(22)9-19)21-18(26)27-10-12-6-4-3-5-7-12/h3-7,11,13,16H,8-10H2,1-2H3,(H,20,25)(H,21,26)(H,23,24)/t13-,16+/m0/s1. The molecule has 0 heterocycles. The molecule has 0 fully saturated rings. The molecule has 0 saturated heterocycles. The lowest BCUT2D eigenvalue weighted by atomic mass is 10.0. The van der Waals surface area contributed by atoms with E-state index in [1.165, 1.54) is 0 Å². The van der Waals surface area contributed by atoms with Gasteiger partial charge >= 0.3 is 12.1 Å². The molecule has 1 aromatic rings. The van der Waals surface area contributed by atoms with Crippen molar-refractivity contribution in [1.82, 2.24) is 10.6 Å². The average molecular weight is 382 g/mol. The maximum atomic E-state index is 12.6. The van der Waals surface area contributed by atoms with Crippen LogP contribution in [0.4, 0.5) is 9.18 Å². The first-order valence-corrected chi connectivity index (χ1v) is 8.32. The van der Waals surface area contributed by atoms with Gasteiger partial charge in [0.1, 0.15) is 25.4 Å². The number of halogens is 1. The number of amides is 2. The second kappa shape index (κ2) is 10.9. The highest BCUT2D eigenvalue weighted by Crippen LogP contribution is 2.06. The lowest BCUT2D eigenvalue weighted by Gasteiger charge is -2.24. The number of hydrogen-bond donors (Lipinski definition) is 3. The van der Waals surface area contributed by atoms with Gasteiger partial charge in [0.2, 0.25) is 5.91 Å². The SMILES string of the molecule is CC(C)[C@@H](NC(=O)OCc1ccccc1)C(=O)N[C@@H](CC(=O)O)C(=O)CF. The topological polar surface area (TPSA) is 122 Å². The predicted octanol–water partition coefficient (Wildman–Crippen LogP) is 1.44. The molecule has 0 saturated carbocycles. The van der Waals surface area contributed by atoms with E-state index in [4.69, 9.17) is 9.84 Å². The Morgan fingerprint density at radius 1 is 1.11 bits per heavy atom. The minimum absolute atomic E-state index is 0.00108. The van der Waals surface area contributed by atoms with E-state index in [0.717, 1.165) is 5.56 Å². The summed E-state index contributed by atoms with van der Waals surface area (Å²) >= 11 is 0. The number of ketones is 1. The van der Waals surface area contributed by atoms with Gasteiger partial charge < -0.3 is 20.5 Å². The van der Waals surface area contributed by atoms with E-state index < -0.39 is 48.9 Å². The summed E-state index contributed by atoms with van der Waals surface area (Å²) in [5.74, 6) is -3.60. The molecule has 2 amide bonds. The number of carboxylic acids is 1. The molecule has 0 radical (unpaired) electrons. The van der Waals surface area contributed by atoms with Gasteiger partial charge in [0.15, 0.2) is 5.78 Å². The molecule has 8 nitrogen and oxygen atoms in total. The largest absolute Gasteiger partial charge is 0.481 e. The highest BCUT2D eigenvalue weighted by atomic mass is 19.1. The first kappa shape index (κ1) is 22.1. The van der Waals surface area contributed by atoms with Gasteiger partial charge in [-0.25, -0.2) is 9.18 Å². The van der Waals surface area contributed by atoms with E-state index >= 15 is 0 Å². The van der Waals surface area contributed by atoms with Crippen molar-refractivity contribution in [3.63, 3.8) is 0 Å². The number of carbonyl (C=O) groups is 4. The van der Waals surface area contributed by atoms with Crippen molar-refractivity contribution >= 4 is 23.8 Å². The molecule has 3 N–H and O–H groups in total. The monoisotopic (exact) mass is 382 g/mol. The van der Waals surface area contributed by atoms with Gasteiger partial charge in [0.25, 0.3) is 0 Å². The third-order valence-corrected chi connectivity index (χ3v) is 3.65. The van der Waals surface area contributed by atoms with Crippen LogP contribution < -0.4 is 10.6 Å². The fourth-order valence-electron chi connectivity index (χ4n) is 2.20. The maximum Gasteiger partial charge on any atom is 0.408 e. The molecule has 0 aliphatic heterocycles. The molecule has 1 aromatic carbocycles. The number of carboxylic acid groups (broad SMARTS) is 1. The van der Waals surface area contributed by atoms with Crippen LogP contribution in [0.3, 0.4) is 0 Å². The molecule has 1 rings (SSSR count). The molecule has 9 heteroatoms. The molecule has 0 unspecified atom stereocenters. The van der Waals surface area contributed by atoms with E-state index in [0.29, 0.717) is 0 Å². The van der Waals surface area contributed by atoms with E-state index in [2.05, 4.69) is 10.6 Å². The molecule has 0 spiro atoms. The molecular weight excluding hydrogens is 359 g/mol. The minimum atomic E-state index is -1.51. The second-order valence-corrected chi connectivity index (χ2v) is 6.19. The second-order valence-electron chi connectivity index (χ2n) is 6.19. The van der Waals surface area contributed by atoms with Crippen molar-refractivity contribution in [3.8, 4) is 0 Å². The number of Topliss-reactive ketones (excluding diaryl/α,β-unsaturated/α-hetero) is 1. The highest BCUT2D eigenvalue weighted by Gasteiger charge is 2.30. The molecule has 27 heavy (non-hydrogen) atoms. The zero-order chi connectivity index (χ0) is 20.4. The lowest BCUT2D eigenvalue weighted by molar-refractivity contribution is -0.140. The maximum absolute atomic E-state index is 12.6. The summed E-state index contributed by atoms with van der Waals surface area (Å²) in [4.78, 5) is 46.6. The molecular formula is C18H23FN2O6. The van der Waals surface area contributed by atoms with Crippen LogP contribution in [0, 0.1) is 5.92 Å². The Hall–Kier alpha value is -2.97. The van der Waals surface area contributed by atoms with Gasteiger partial charge in [-0.3, -0.25) is 14.4 Å². The first-order valence-electron chi connectivity index (χ1n) is 8.32. The fraction of sp³-hybridized carbons (Fsp3) is 0.444. The lowest BCUT2D eigenvalue weighted by Crippen LogP contribution is -2.54. The van der Waals surface area contributed by atoms with Crippen LogP contribution in [0.1, 0.15) is 25.8 Å². The Kier molecular flexibility index (Phi) is 8.91. The number of alkyl halides is 1. The number of aliphatic carboxylic acids is 1. The van der Waals surface area contributed by atoms with Crippen molar-refractivity contribution in [3.05, 3.63) is 35.9 Å². The highest BCUT2D eigenvalue weighted by molar-refractivity contribution is 5.94. The summed E-state index contributed by atoms with van der Waals surface area (Å²) in [6.45, 7) is 1.88.